The highest BCUT2D eigenvalue weighted by molar-refractivity contribution is 5.81. The van der Waals surface area contributed by atoms with Gasteiger partial charge in [-0.1, -0.05) is 18.2 Å². The molecule has 1 fully saturated rings. The van der Waals surface area contributed by atoms with Crippen LogP contribution in [0.15, 0.2) is 24.3 Å². The van der Waals surface area contributed by atoms with Gasteiger partial charge in [0.15, 0.2) is 0 Å². The number of nitrogens with zero attached hydrogens (tertiary/aromatic N) is 1. The molecule has 1 aromatic rings. The van der Waals surface area contributed by atoms with Crippen molar-refractivity contribution in [3.05, 3.63) is 29.8 Å². The van der Waals surface area contributed by atoms with Crippen LogP contribution in [-0.2, 0) is 11.2 Å². The second-order valence-corrected chi connectivity index (χ2v) is 6.42. The molecule has 0 spiro atoms. The van der Waals surface area contributed by atoms with Gasteiger partial charge in [-0.15, -0.1) is 0 Å². The van der Waals surface area contributed by atoms with Crippen molar-refractivity contribution in [3.8, 4) is 0 Å². The number of hydrogen-bond acceptors (Lipinski definition) is 3. The van der Waals surface area contributed by atoms with Gasteiger partial charge >= 0.3 is 0 Å². The van der Waals surface area contributed by atoms with Crippen LogP contribution in [0.4, 0.5) is 5.69 Å². The van der Waals surface area contributed by atoms with Gasteiger partial charge < -0.3 is 15.5 Å². The third-order valence-corrected chi connectivity index (χ3v) is 4.96. The predicted molar refractivity (Wildman–Crippen MR) is 85.4 cm³/mol. The number of fused-ring (bicyclic) bond motifs is 1. The Morgan fingerprint density at radius 1 is 1.43 bits per heavy atom. The molecule has 114 valence electrons. The van der Waals surface area contributed by atoms with E-state index in [0.29, 0.717) is 6.04 Å². The first-order chi connectivity index (χ1) is 10.1. The van der Waals surface area contributed by atoms with Crippen molar-refractivity contribution in [2.75, 3.05) is 25.5 Å². The molecule has 0 bridgehead atoms. The molecule has 4 heteroatoms. The van der Waals surface area contributed by atoms with Gasteiger partial charge in [-0.25, -0.2) is 0 Å². The van der Waals surface area contributed by atoms with Crippen LogP contribution in [0.25, 0.3) is 0 Å². The highest BCUT2D eigenvalue weighted by atomic mass is 16.1. The molecular formula is C17H25N3O. The van der Waals surface area contributed by atoms with Crippen LogP contribution in [0.5, 0.6) is 0 Å². The molecule has 0 saturated carbocycles. The Kier molecular flexibility index (Phi) is 4.15. The minimum atomic E-state index is 0.0200. The zero-order valence-corrected chi connectivity index (χ0v) is 12.9. The largest absolute Gasteiger partial charge is 0.382 e. The van der Waals surface area contributed by atoms with Crippen LogP contribution in [0.2, 0.25) is 0 Å². The summed E-state index contributed by atoms with van der Waals surface area (Å²) in [5.74, 6) is 0.205. The number of rotatable bonds is 3. The average Bonchev–Trinajstić information content (AvgIpc) is 2.89. The third kappa shape index (κ3) is 3.05. The van der Waals surface area contributed by atoms with E-state index >= 15 is 0 Å². The summed E-state index contributed by atoms with van der Waals surface area (Å²) in [7, 11) is 2.14. The summed E-state index contributed by atoms with van der Waals surface area (Å²) in [5, 5.41) is 6.62. The van der Waals surface area contributed by atoms with Gasteiger partial charge in [-0.05, 0) is 51.4 Å². The number of para-hydroxylation sites is 1. The summed E-state index contributed by atoms with van der Waals surface area (Å²) in [4.78, 5) is 14.9. The Morgan fingerprint density at radius 2 is 2.24 bits per heavy atom. The number of carbonyl (C=O) groups excluding carboxylic acids is 1. The normalized spacial score (nSPS) is 28.8. The van der Waals surface area contributed by atoms with E-state index < -0.39 is 0 Å². The van der Waals surface area contributed by atoms with E-state index in [9.17, 15) is 4.79 Å². The number of nitrogens with one attached hydrogen (secondary N) is 2. The van der Waals surface area contributed by atoms with E-state index in [1.807, 2.05) is 12.1 Å². The molecular weight excluding hydrogens is 262 g/mol. The third-order valence-electron chi connectivity index (χ3n) is 4.96. The summed E-state index contributed by atoms with van der Waals surface area (Å²) in [6, 6.07) is 8.97. The molecule has 2 heterocycles. The van der Waals surface area contributed by atoms with Crippen molar-refractivity contribution in [2.24, 2.45) is 5.92 Å². The van der Waals surface area contributed by atoms with Crippen molar-refractivity contribution < 1.29 is 4.79 Å². The lowest BCUT2D eigenvalue weighted by Crippen LogP contribution is -2.46. The highest BCUT2D eigenvalue weighted by Crippen LogP contribution is 2.28. The molecule has 1 amide bonds. The summed E-state index contributed by atoms with van der Waals surface area (Å²) in [6.45, 7) is 4.03. The number of benzene rings is 1. The standard InChI is InChI=1S/C17H25N3O/c1-12-15(10-13-6-3-4-8-16(13)19-12)17(21)18-11-14-7-5-9-20(14)2/h3-4,6,8,12,14-15,19H,5,7,9-11H2,1-2H3,(H,18,21). The lowest BCUT2D eigenvalue weighted by Gasteiger charge is -2.32. The smallest absolute Gasteiger partial charge is 0.225 e. The molecule has 3 unspecified atom stereocenters. The first-order valence-electron chi connectivity index (χ1n) is 7.97. The number of anilines is 1. The Morgan fingerprint density at radius 3 is 3.00 bits per heavy atom. The average molecular weight is 287 g/mol. The topological polar surface area (TPSA) is 44.4 Å². The highest BCUT2D eigenvalue weighted by Gasteiger charge is 2.31. The predicted octanol–water partition coefficient (Wildman–Crippen LogP) is 1.87. The quantitative estimate of drug-likeness (QED) is 0.892. The first kappa shape index (κ1) is 14.4. The maximum absolute atomic E-state index is 12.5. The fourth-order valence-corrected chi connectivity index (χ4v) is 3.51. The van der Waals surface area contributed by atoms with Crippen molar-refractivity contribution in [1.29, 1.82) is 0 Å². The molecule has 0 aromatic heterocycles. The van der Waals surface area contributed by atoms with Crippen molar-refractivity contribution in [2.45, 2.75) is 38.3 Å². The van der Waals surface area contributed by atoms with E-state index in [4.69, 9.17) is 0 Å². The summed E-state index contributed by atoms with van der Waals surface area (Å²) >= 11 is 0. The van der Waals surface area contributed by atoms with Crippen LogP contribution in [0.3, 0.4) is 0 Å². The molecule has 4 nitrogen and oxygen atoms in total. The maximum Gasteiger partial charge on any atom is 0.225 e. The number of likely N-dealkylation sites (tertiary alicyclic amines) is 1. The Bertz CT molecular complexity index is 517. The van der Waals surface area contributed by atoms with Gasteiger partial charge in [-0.2, -0.15) is 0 Å². The van der Waals surface area contributed by atoms with Gasteiger partial charge in [0.1, 0.15) is 0 Å². The fraction of sp³-hybridized carbons (Fsp3) is 0.588. The van der Waals surface area contributed by atoms with E-state index in [0.717, 1.165) is 19.5 Å². The SMILES string of the molecule is CC1Nc2ccccc2CC1C(=O)NCC1CCCN1C. The first-order valence-corrected chi connectivity index (χ1v) is 7.97. The van der Waals surface area contributed by atoms with Crippen LogP contribution < -0.4 is 10.6 Å². The fourth-order valence-electron chi connectivity index (χ4n) is 3.51. The summed E-state index contributed by atoms with van der Waals surface area (Å²) in [5.41, 5.74) is 2.42. The van der Waals surface area contributed by atoms with Crippen LogP contribution in [-0.4, -0.2) is 43.0 Å². The van der Waals surface area contributed by atoms with Gasteiger partial charge in [0.2, 0.25) is 5.91 Å². The summed E-state index contributed by atoms with van der Waals surface area (Å²) in [6.07, 6.45) is 3.26. The molecule has 1 saturated heterocycles. The number of hydrogen-bond donors (Lipinski definition) is 2. The molecule has 1 aromatic carbocycles. The zero-order valence-electron chi connectivity index (χ0n) is 12.9. The van der Waals surface area contributed by atoms with Crippen molar-refractivity contribution in [3.63, 3.8) is 0 Å². The molecule has 2 aliphatic rings. The number of carbonyl (C=O) groups is 1. The Balaban J connectivity index is 1.60. The van der Waals surface area contributed by atoms with Gasteiger partial charge in [-0.3, -0.25) is 4.79 Å². The van der Waals surface area contributed by atoms with Crippen molar-refractivity contribution in [1.82, 2.24) is 10.2 Å². The minimum absolute atomic E-state index is 0.0200. The summed E-state index contributed by atoms with van der Waals surface area (Å²) < 4.78 is 0. The molecule has 0 radical (unpaired) electrons. The van der Waals surface area contributed by atoms with E-state index in [1.165, 1.54) is 24.1 Å². The maximum atomic E-state index is 12.5. The van der Waals surface area contributed by atoms with Gasteiger partial charge in [0.05, 0.1) is 5.92 Å². The minimum Gasteiger partial charge on any atom is -0.382 e. The van der Waals surface area contributed by atoms with Crippen molar-refractivity contribution >= 4 is 11.6 Å². The number of amides is 1. The molecule has 2 N–H and O–H groups in total. The van der Waals surface area contributed by atoms with E-state index in [-0.39, 0.29) is 17.9 Å². The van der Waals surface area contributed by atoms with Crippen LogP contribution >= 0.6 is 0 Å². The van der Waals surface area contributed by atoms with Crippen LogP contribution in [0, 0.1) is 5.92 Å². The number of likely N-dealkylation sites (N-methyl/N-ethyl adjacent to an activating group) is 1. The second-order valence-electron chi connectivity index (χ2n) is 6.42. The van der Waals surface area contributed by atoms with Gasteiger partial charge in [0.25, 0.3) is 0 Å². The molecule has 21 heavy (non-hydrogen) atoms. The van der Waals surface area contributed by atoms with Crippen LogP contribution in [0.1, 0.15) is 25.3 Å². The Labute approximate surface area is 126 Å². The zero-order chi connectivity index (χ0) is 14.8. The molecule has 3 rings (SSSR count). The second kappa shape index (κ2) is 6.06. The van der Waals surface area contributed by atoms with E-state index in [2.05, 4.69) is 41.6 Å². The molecule has 2 aliphatic heterocycles. The lowest BCUT2D eigenvalue weighted by atomic mass is 9.87. The van der Waals surface area contributed by atoms with E-state index in [1.54, 1.807) is 0 Å². The molecule has 0 aliphatic carbocycles. The lowest BCUT2D eigenvalue weighted by molar-refractivity contribution is -0.125. The molecule has 3 atom stereocenters. The van der Waals surface area contributed by atoms with Gasteiger partial charge in [0, 0.05) is 24.3 Å². The monoisotopic (exact) mass is 287 g/mol. The Hall–Kier alpha value is -1.55.